The molecule has 5 nitrogen and oxygen atoms in total. The number of carbonyl (C=O) groups excluding carboxylic acids is 1. The normalized spacial score (nSPS) is 25.6. The summed E-state index contributed by atoms with van der Waals surface area (Å²) in [5.74, 6) is 1.06. The van der Waals surface area contributed by atoms with E-state index in [1.165, 1.54) is 5.56 Å². The second kappa shape index (κ2) is 12.1. The second-order valence-electron chi connectivity index (χ2n) is 12.1. The Balaban J connectivity index is 1.55. The molecule has 1 heterocycles. The highest BCUT2D eigenvalue weighted by molar-refractivity contribution is 6.30. The van der Waals surface area contributed by atoms with Gasteiger partial charge in [0.15, 0.2) is 5.54 Å². The molecule has 1 saturated carbocycles. The van der Waals surface area contributed by atoms with Crippen molar-refractivity contribution in [1.29, 1.82) is 0 Å². The summed E-state index contributed by atoms with van der Waals surface area (Å²) in [4.78, 5) is 20.9. The van der Waals surface area contributed by atoms with Crippen molar-refractivity contribution in [3.05, 3.63) is 65.2 Å². The van der Waals surface area contributed by atoms with Crippen LogP contribution in [0.4, 0.5) is 5.69 Å². The molecule has 1 N–H and O–H groups in total. The molecule has 2 aromatic carbocycles. The fourth-order valence-electron chi connectivity index (χ4n) is 6.67. The van der Waals surface area contributed by atoms with Crippen molar-refractivity contribution >= 4 is 29.6 Å². The highest BCUT2D eigenvalue weighted by Crippen LogP contribution is 2.46. The number of esters is 1. The fraction of sp³-hybridized carbons (Fsp3) is 0.562. The highest BCUT2D eigenvalue weighted by atomic mass is 35.5. The summed E-state index contributed by atoms with van der Waals surface area (Å²) in [6, 6.07) is 18.5. The maximum absolute atomic E-state index is 13.6. The molecule has 0 saturated heterocycles. The van der Waals surface area contributed by atoms with Gasteiger partial charge in [0.25, 0.3) is 0 Å². The second-order valence-corrected chi connectivity index (χ2v) is 12.5. The van der Waals surface area contributed by atoms with Crippen LogP contribution in [-0.4, -0.2) is 40.9 Å². The third-order valence-electron chi connectivity index (χ3n) is 8.39. The van der Waals surface area contributed by atoms with Crippen LogP contribution in [0, 0.1) is 17.8 Å². The van der Waals surface area contributed by atoms with Crippen LogP contribution in [0.2, 0.25) is 5.02 Å². The lowest BCUT2D eigenvalue weighted by Crippen LogP contribution is -2.57. The number of nitrogens with one attached hydrogen (secondary N) is 1. The number of carbonyl (C=O) groups is 1. The van der Waals surface area contributed by atoms with E-state index < -0.39 is 5.54 Å². The number of rotatable bonds is 10. The van der Waals surface area contributed by atoms with E-state index in [1.807, 2.05) is 43.6 Å². The Kier molecular flexibility index (Phi) is 9.07. The minimum Gasteiger partial charge on any atom is -0.464 e. The van der Waals surface area contributed by atoms with Crippen LogP contribution in [-0.2, 0) is 16.1 Å². The van der Waals surface area contributed by atoms with Crippen LogP contribution in [0.3, 0.4) is 0 Å². The molecule has 1 aliphatic heterocycles. The Morgan fingerprint density at radius 2 is 1.76 bits per heavy atom. The fourth-order valence-corrected chi connectivity index (χ4v) is 6.79. The van der Waals surface area contributed by atoms with Gasteiger partial charge in [0.2, 0.25) is 0 Å². The standard InChI is InChI=1S/C32H44ClN3O2/c1-6-38-30(37)32(20-23(2)3)29(36(22-34-32)21-24-10-8-7-9-11-24)25-12-14-26(15-13-25)31(4,5)35-28-18-16-27(33)17-19-28/h7-11,16-19,22-23,25-26,29,35H,6,12-15,20-21H2,1-5H3. The average Bonchev–Trinajstić information content (AvgIpc) is 3.24. The smallest absolute Gasteiger partial charge is 0.336 e. The van der Waals surface area contributed by atoms with Crippen molar-refractivity contribution in [2.75, 3.05) is 11.9 Å². The van der Waals surface area contributed by atoms with E-state index in [9.17, 15) is 4.79 Å². The summed E-state index contributed by atoms with van der Waals surface area (Å²) in [5, 5.41) is 4.50. The van der Waals surface area contributed by atoms with E-state index in [2.05, 4.69) is 62.2 Å². The molecular formula is C32H44ClN3O2. The SMILES string of the molecule is CCOC(=O)C1(CC(C)C)N=CN(Cc2ccccc2)C1C1CCC(C(C)(C)Nc2ccc(Cl)cc2)CC1. The van der Waals surface area contributed by atoms with Crippen molar-refractivity contribution in [3.63, 3.8) is 0 Å². The zero-order valence-electron chi connectivity index (χ0n) is 23.6. The van der Waals surface area contributed by atoms with E-state index in [4.69, 9.17) is 21.3 Å². The Labute approximate surface area is 234 Å². The molecule has 0 aromatic heterocycles. The number of halogens is 1. The van der Waals surface area contributed by atoms with Crippen LogP contribution < -0.4 is 5.32 Å². The summed E-state index contributed by atoms with van der Waals surface area (Å²) in [6.45, 7) is 12.0. The third-order valence-corrected chi connectivity index (χ3v) is 8.64. The van der Waals surface area contributed by atoms with Gasteiger partial charge in [0.05, 0.1) is 19.0 Å². The Morgan fingerprint density at radius 3 is 2.37 bits per heavy atom. The van der Waals surface area contributed by atoms with Gasteiger partial charge in [-0.05, 0) is 100 Å². The molecule has 1 fully saturated rings. The van der Waals surface area contributed by atoms with Crippen LogP contribution in [0.15, 0.2) is 59.6 Å². The Morgan fingerprint density at radius 1 is 1.11 bits per heavy atom. The molecule has 2 unspecified atom stereocenters. The molecule has 206 valence electrons. The van der Waals surface area contributed by atoms with Crippen molar-refractivity contribution < 1.29 is 9.53 Å². The lowest BCUT2D eigenvalue weighted by molar-refractivity contribution is -0.153. The minimum atomic E-state index is -0.854. The van der Waals surface area contributed by atoms with Crippen molar-refractivity contribution in [1.82, 2.24) is 4.90 Å². The zero-order valence-corrected chi connectivity index (χ0v) is 24.4. The van der Waals surface area contributed by atoms with Gasteiger partial charge in [-0.1, -0.05) is 55.8 Å². The van der Waals surface area contributed by atoms with Gasteiger partial charge in [0.1, 0.15) is 0 Å². The van der Waals surface area contributed by atoms with Crippen LogP contribution in [0.1, 0.15) is 72.3 Å². The molecule has 6 heteroatoms. The van der Waals surface area contributed by atoms with Gasteiger partial charge in [-0.15, -0.1) is 0 Å². The van der Waals surface area contributed by atoms with E-state index in [0.29, 0.717) is 30.8 Å². The van der Waals surface area contributed by atoms with E-state index in [0.717, 1.165) is 42.9 Å². The molecule has 38 heavy (non-hydrogen) atoms. The first-order valence-corrected chi connectivity index (χ1v) is 14.6. The highest BCUT2D eigenvalue weighted by Gasteiger charge is 2.56. The van der Waals surface area contributed by atoms with Gasteiger partial charge in [-0.25, -0.2) is 4.79 Å². The van der Waals surface area contributed by atoms with E-state index in [-0.39, 0.29) is 17.6 Å². The maximum atomic E-state index is 13.6. The topological polar surface area (TPSA) is 53.9 Å². The summed E-state index contributed by atoms with van der Waals surface area (Å²) in [5.41, 5.74) is 1.42. The predicted octanol–water partition coefficient (Wildman–Crippen LogP) is 7.60. The summed E-state index contributed by atoms with van der Waals surface area (Å²) < 4.78 is 5.70. The molecule has 0 radical (unpaired) electrons. The monoisotopic (exact) mass is 537 g/mol. The summed E-state index contributed by atoms with van der Waals surface area (Å²) in [7, 11) is 0. The van der Waals surface area contributed by atoms with Crippen molar-refractivity contribution in [2.45, 2.75) is 90.4 Å². The molecule has 4 rings (SSSR count). The lowest BCUT2D eigenvalue weighted by atomic mass is 9.67. The quantitative estimate of drug-likeness (QED) is 0.317. The van der Waals surface area contributed by atoms with Gasteiger partial charge in [-0.2, -0.15) is 0 Å². The molecule has 2 aliphatic rings. The summed E-state index contributed by atoms with van der Waals surface area (Å²) in [6.07, 6.45) is 6.98. The first kappa shape index (κ1) is 28.5. The largest absolute Gasteiger partial charge is 0.464 e. The number of benzene rings is 2. The van der Waals surface area contributed by atoms with E-state index >= 15 is 0 Å². The van der Waals surface area contributed by atoms with Crippen LogP contribution >= 0.6 is 11.6 Å². The average molecular weight is 538 g/mol. The first-order valence-electron chi connectivity index (χ1n) is 14.2. The molecule has 2 atom stereocenters. The molecule has 0 amide bonds. The van der Waals surface area contributed by atoms with Gasteiger partial charge >= 0.3 is 5.97 Å². The molecular weight excluding hydrogens is 494 g/mol. The van der Waals surface area contributed by atoms with Crippen LogP contribution in [0.25, 0.3) is 0 Å². The molecule has 0 bridgehead atoms. The minimum absolute atomic E-state index is 0.00237. The maximum Gasteiger partial charge on any atom is 0.336 e. The molecule has 0 spiro atoms. The van der Waals surface area contributed by atoms with Gasteiger partial charge < -0.3 is 15.0 Å². The van der Waals surface area contributed by atoms with Gasteiger partial charge in [-0.3, -0.25) is 4.99 Å². The molecule has 1 aliphatic carbocycles. The number of nitrogens with zero attached hydrogens (tertiary/aromatic N) is 2. The number of hydrogen-bond donors (Lipinski definition) is 1. The summed E-state index contributed by atoms with van der Waals surface area (Å²) >= 11 is 6.09. The third kappa shape index (κ3) is 6.36. The van der Waals surface area contributed by atoms with Crippen molar-refractivity contribution in [3.8, 4) is 0 Å². The Bertz CT molecular complexity index is 1080. The molecule has 2 aromatic rings. The van der Waals surface area contributed by atoms with Crippen LogP contribution in [0.5, 0.6) is 0 Å². The number of ether oxygens (including phenoxy) is 1. The van der Waals surface area contributed by atoms with Gasteiger partial charge in [0, 0.05) is 22.8 Å². The zero-order chi connectivity index (χ0) is 27.3. The first-order chi connectivity index (χ1) is 18.1. The number of hydrogen-bond acceptors (Lipinski definition) is 5. The van der Waals surface area contributed by atoms with E-state index in [1.54, 1.807) is 0 Å². The predicted molar refractivity (Wildman–Crippen MR) is 158 cm³/mol. The van der Waals surface area contributed by atoms with Crippen molar-refractivity contribution in [2.24, 2.45) is 22.7 Å². The lowest BCUT2D eigenvalue weighted by Gasteiger charge is -2.46. The Hall–Kier alpha value is -2.53. The number of anilines is 1. The number of aliphatic imine (C=N–C) groups is 1.